The molecule has 1 fully saturated rings. The molecule has 0 spiro atoms. The molecule has 1 aliphatic heterocycles. The molecule has 4 rings (SSSR count). The van der Waals surface area contributed by atoms with Gasteiger partial charge in [-0.15, -0.1) is 0 Å². The van der Waals surface area contributed by atoms with Crippen LogP contribution < -0.4 is 15.0 Å². The van der Waals surface area contributed by atoms with E-state index in [4.69, 9.17) is 44.3 Å². The molecule has 38 heavy (non-hydrogen) atoms. The largest absolute Gasteiger partial charge is 0.444 e. The van der Waals surface area contributed by atoms with Gasteiger partial charge in [-0.3, -0.25) is 4.79 Å². The standard InChI is InChI=1S/C26H26Cl3N5O4/c1-26(2,3)38-25(36)34-13-11-33(12-14-34)16-7-9-17(10-8-16)37-23-18(15-30-24(29)32-23)22(35)31-21-19(27)5-4-6-20(21)28/h4-10,15H,11-14H2,1-3H3,(H,31,35). The number of anilines is 2. The summed E-state index contributed by atoms with van der Waals surface area (Å²) in [6.07, 6.45) is 0.963. The molecule has 0 aliphatic carbocycles. The van der Waals surface area contributed by atoms with Crippen LogP contribution in [0.5, 0.6) is 11.6 Å². The predicted molar refractivity (Wildman–Crippen MR) is 148 cm³/mol. The Kier molecular flexibility index (Phi) is 8.50. The molecule has 2 aromatic carbocycles. The SMILES string of the molecule is CC(C)(C)OC(=O)N1CCN(c2ccc(Oc3nc(Cl)ncc3C(=O)Nc3c(Cl)cccc3Cl)cc2)CC1. The lowest BCUT2D eigenvalue weighted by Crippen LogP contribution is -2.50. The number of para-hydroxylation sites is 1. The smallest absolute Gasteiger partial charge is 0.410 e. The van der Waals surface area contributed by atoms with E-state index in [-0.39, 0.29) is 38.6 Å². The van der Waals surface area contributed by atoms with Gasteiger partial charge in [-0.05, 0) is 68.8 Å². The van der Waals surface area contributed by atoms with E-state index in [1.54, 1.807) is 35.2 Å². The third-order valence-corrected chi connectivity index (χ3v) is 6.33. The average molecular weight is 579 g/mol. The van der Waals surface area contributed by atoms with E-state index in [0.29, 0.717) is 31.9 Å². The number of amides is 2. The molecule has 2 amide bonds. The second-order valence-corrected chi connectivity index (χ2v) is 10.6. The highest BCUT2D eigenvalue weighted by Crippen LogP contribution is 2.32. The first-order chi connectivity index (χ1) is 18.0. The van der Waals surface area contributed by atoms with Gasteiger partial charge in [0.2, 0.25) is 11.2 Å². The molecule has 0 unspecified atom stereocenters. The number of ether oxygens (including phenoxy) is 2. The second-order valence-electron chi connectivity index (χ2n) is 9.46. The van der Waals surface area contributed by atoms with Crippen molar-refractivity contribution >= 4 is 58.2 Å². The number of nitrogens with zero attached hydrogens (tertiary/aromatic N) is 4. The minimum Gasteiger partial charge on any atom is -0.444 e. The zero-order valence-electron chi connectivity index (χ0n) is 21.0. The quantitative estimate of drug-likeness (QED) is 0.343. The highest BCUT2D eigenvalue weighted by Gasteiger charge is 2.26. The summed E-state index contributed by atoms with van der Waals surface area (Å²) in [5.41, 5.74) is 0.749. The number of aromatic nitrogens is 2. The Labute approximate surface area is 235 Å². The predicted octanol–water partition coefficient (Wildman–Crippen LogP) is 6.54. The van der Waals surface area contributed by atoms with Crippen LogP contribution in [-0.2, 0) is 4.74 Å². The summed E-state index contributed by atoms with van der Waals surface area (Å²) in [6.45, 7) is 7.99. The minimum atomic E-state index is -0.564. The van der Waals surface area contributed by atoms with Crippen molar-refractivity contribution in [2.75, 3.05) is 36.4 Å². The Hall–Kier alpha value is -3.27. The Morgan fingerprint density at radius 2 is 1.58 bits per heavy atom. The van der Waals surface area contributed by atoms with Crippen molar-refractivity contribution in [1.82, 2.24) is 14.9 Å². The minimum absolute atomic E-state index is 0.0237. The van der Waals surface area contributed by atoms with Gasteiger partial charge in [-0.2, -0.15) is 4.98 Å². The van der Waals surface area contributed by atoms with Crippen LogP contribution in [0.2, 0.25) is 15.3 Å². The number of nitrogens with one attached hydrogen (secondary N) is 1. The summed E-state index contributed by atoms with van der Waals surface area (Å²) >= 11 is 18.3. The van der Waals surface area contributed by atoms with E-state index in [1.165, 1.54) is 6.20 Å². The summed E-state index contributed by atoms with van der Waals surface area (Å²) in [7, 11) is 0. The number of halogens is 3. The van der Waals surface area contributed by atoms with Crippen LogP contribution in [0.25, 0.3) is 0 Å². The van der Waals surface area contributed by atoms with Gasteiger partial charge in [0.15, 0.2) is 0 Å². The van der Waals surface area contributed by atoms with Gasteiger partial charge >= 0.3 is 6.09 Å². The topological polar surface area (TPSA) is 96.9 Å². The number of carbonyl (C=O) groups is 2. The third kappa shape index (κ3) is 6.98. The second kappa shape index (κ2) is 11.6. The summed E-state index contributed by atoms with van der Waals surface area (Å²) in [5.74, 6) is -0.142. The van der Waals surface area contributed by atoms with E-state index in [2.05, 4.69) is 20.2 Å². The molecule has 2 heterocycles. The normalized spacial score (nSPS) is 13.7. The zero-order chi connectivity index (χ0) is 27.4. The number of carbonyl (C=O) groups excluding carboxylic acids is 2. The molecule has 1 N–H and O–H groups in total. The number of benzene rings is 2. The van der Waals surface area contributed by atoms with Crippen molar-refractivity contribution in [3.63, 3.8) is 0 Å². The Morgan fingerprint density at radius 1 is 0.947 bits per heavy atom. The molecule has 1 aliphatic rings. The monoisotopic (exact) mass is 577 g/mol. The maximum absolute atomic E-state index is 13.0. The van der Waals surface area contributed by atoms with Crippen LogP contribution in [0.4, 0.5) is 16.2 Å². The first kappa shape index (κ1) is 27.8. The lowest BCUT2D eigenvalue weighted by Gasteiger charge is -2.36. The molecule has 0 bridgehead atoms. The number of piperazine rings is 1. The van der Waals surface area contributed by atoms with Crippen molar-refractivity contribution in [2.45, 2.75) is 26.4 Å². The zero-order valence-corrected chi connectivity index (χ0v) is 23.3. The highest BCUT2D eigenvalue weighted by atomic mass is 35.5. The average Bonchev–Trinajstić information content (AvgIpc) is 2.86. The molecular formula is C26H26Cl3N5O4. The first-order valence-corrected chi connectivity index (χ1v) is 12.9. The third-order valence-electron chi connectivity index (χ3n) is 5.52. The van der Waals surface area contributed by atoms with E-state index in [9.17, 15) is 9.59 Å². The van der Waals surface area contributed by atoms with Crippen LogP contribution in [0.3, 0.4) is 0 Å². The summed E-state index contributed by atoms with van der Waals surface area (Å²) in [4.78, 5) is 37.2. The van der Waals surface area contributed by atoms with E-state index in [1.807, 2.05) is 32.9 Å². The Bertz CT molecular complexity index is 1300. The first-order valence-electron chi connectivity index (χ1n) is 11.8. The molecule has 3 aromatic rings. The van der Waals surface area contributed by atoms with Crippen LogP contribution in [0.1, 0.15) is 31.1 Å². The van der Waals surface area contributed by atoms with Crippen molar-refractivity contribution < 1.29 is 19.1 Å². The van der Waals surface area contributed by atoms with E-state index in [0.717, 1.165) is 5.69 Å². The molecule has 200 valence electrons. The molecule has 9 nitrogen and oxygen atoms in total. The molecule has 0 atom stereocenters. The fourth-order valence-electron chi connectivity index (χ4n) is 3.69. The van der Waals surface area contributed by atoms with Gasteiger partial charge in [-0.25, -0.2) is 9.78 Å². The fraction of sp³-hybridized carbons (Fsp3) is 0.308. The molecule has 1 saturated heterocycles. The lowest BCUT2D eigenvalue weighted by molar-refractivity contribution is 0.0240. The maximum Gasteiger partial charge on any atom is 0.410 e. The van der Waals surface area contributed by atoms with Gasteiger partial charge in [-0.1, -0.05) is 29.3 Å². The van der Waals surface area contributed by atoms with E-state index >= 15 is 0 Å². The Morgan fingerprint density at radius 3 is 2.18 bits per heavy atom. The number of rotatable bonds is 5. The summed E-state index contributed by atoms with van der Waals surface area (Å²) in [6, 6.07) is 12.2. The van der Waals surface area contributed by atoms with Gasteiger partial charge in [0, 0.05) is 38.1 Å². The van der Waals surface area contributed by atoms with Crippen molar-refractivity contribution in [3.8, 4) is 11.6 Å². The number of hydrogen-bond acceptors (Lipinski definition) is 7. The van der Waals surface area contributed by atoms with Crippen LogP contribution in [-0.4, -0.2) is 58.6 Å². The van der Waals surface area contributed by atoms with Gasteiger partial charge in [0.25, 0.3) is 5.91 Å². The van der Waals surface area contributed by atoms with Crippen LogP contribution in [0, 0.1) is 0 Å². The van der Waals surface area contributed by atoms with Gasteiger partial charge in [0.1, 0.15) is 16.9 Å². The summed E-state index contributed by atoms with van der Waals surface area (Å²) < 4.78 is 11.4. The van der Waals surface area contributed by atoms with Gasteiger partial charge < -0.3 is 24.6 Å². The Balaban J connectivity index is 1.42. The van der Waals surface area contributed by atoms with Gasteiger partial charge in [0.05, 0.1) is 15.7 Å². The van der Waals surface area contributed by atoms with Crippen molar-refractivity contribution in [1.29, 1.82) is 0 Å². The molecule has 0 radical (unpaired) electrons. The molecule has 1 aromatic heterocycles. The summed E-state index contributed by atoms with van der Waals surface area (Å²) in [5, 5.41) is 3.16. The molecule has 0 saturated carbocycles. The number of hydrogen-bond donors (Lipinski definition) is 1. The molecule has 12 heteroatoms. The van der Waals surface area contributed by atoms with E-state index < -0.39 is 11.5 Å². The maximum atomic E-state index is 13.0. The van der Waals surface area contributed by atoms with Crippen LogP contribution in [0.15, 0.2) is 48.7 Å². The lowest BCUT2D eigenvalue weighted by atomic mass is 10.2. The molecular weight excluding hydrogens is 553 g/mol. The van der Waals surface area contributed by atoms with Crippen molar-refractivity contribution in [2.24, 2.45) is 0 Å². The van der Waals surface area contributed by atoms with Crippen LogP contribution >= 0.6 is 34.8 Å². The fourth-order valence-corrected chi connectivity index (χ4v) is 4.31. The van der Waals surface area contributed by atoms with Crippen molar-refractivity contribution in [3.05, 3.63) is 69.6 Å². The highest BCUT2D eigenvalue weighted by molar-refractivity contribution is 6.40.